The van der Waals surface area contributed by atoms with Crippen LogP contribution in [0.5, 0.6) is 0 Å². The van der Waals surface area contributed by atoms with Crippen LogP contribution in [0, 0.1) is 11.3 Å². The quantitative estimate of drug-likeness (QED) is 0.234. The lowest BCUT2D eigenvalue weighted by Gasteiger charge is -2.13. The van der Waals surface area contributed by atoms with Gasteiger partial charge in [-0.15, -0.1) is 0 Å². The number of esters is 1. The maximum absolute atomic E-state index is 13.5. The Balaban J connectivity index is 2.46. The Morgan fingerprint density at radius 3 is 2.18 bits per heavy atom. The van der Waals surface area contributed by atoms with Gasteiger partial charge in [-0.05, 0) is 29.7 Å². The summed E-state index contributed by atoms with van der Waals surface area (Å²) in [7, 11) is 1.19. The summed E-state index contributed by atoms with van der Waals surface area (Å²) in [6.07, 6.45) is -4.85. The van der Waals surface area contributed by atoms with E-state index >= 15 is 0 Å². The summed E-state index contributed by atoms with van der Waals surface area (Å²) in [5, 5.41) is 20.4. The average molecular weight is 405 g/mol. The van der Waals surface area contributed by atoms with Gasteiger partial charge in [0.25, 0.3) is 0 Å². The molecule has 2 aromatic carbocycles. The Hall–Kier alpha value is -3.18. The van der Waals surface area contributed by atoms with E-state index in [4.69, 9.17) is 0 Å². The Morgan fingerprint density at radius 1 is 1.11 bits per heavy atom. The number of aliphatic hydroxyl groups excluding tert-OH is 1. The highest BCUT2D eigenvalue weighted by atomic mass is 32.2. The molecule has 144 valence electrons. The summed E-state index contributed by atoms with van der Waals surface area (Å²) in [5.74, 6) is -1.47. The van der Waals surface area contributed by atoms with Crippen LogP contribution >= 0.6 is 11.8 Å². The van der Waals surface area contributed by atoms with E-state index in [9.17, 15) is 28.3 Å². The van der Waals surface area contributed by atoms with Gasteiger partial charge in [0.2, 0.25) is 0 Å². The fourth-order valence-corrected chi connectivity index (χ4v) is 2.98. The molecule has 0 radical (unpaired) electrons. The molecular weight excluding hydrogens is 391 g/mol. The summed E-state index contributed by atoms with van der Waals surface area (Å²) in [5.41, 5.74) is -2.06. The molecule has 0 aliphatic heterocycles. The van der Waals surface area contributed by atoms with Crippen LogP contribution in [0.4, 0.5) is 13.2 Å². The van der Waals surface area contributed by atoms with Gasteiger partial charge in [-0.2, -0.15) is 18.4 Å². The molecule has 0 heterocycles. The van der Waals surface area contributed by atoms with Crippen LogP contribution < -0.4 is 0 Å². The molecule has 28 heavy (non-hydrogen) atoms. The van der Waals surface area contributed by atoms with E-state index in [0.717, 1.165) is 17.2 Å². The molecule has 0 amide bonds. The van der Waals surface area contributed by atoms with E-state index in [2.05, 4.69) is 4.74 Å². The lowest BCUT2D eigenvalue weighted by Crippen LogP contribution is -2.14. The van der Waals surface area contributed by atoms with Crippen molar-refractivity contribution in [2.24, 2.45) is 0 Å². The van der Waals surface area contributed by atoms with Crippen molar-refractivity contribution in [2.75, 3.05) is 7.11 Å². The summed E-state index contributed by atoms with van der Waals surface area (Å²) in [6.45, 7) is 0. The number of hydrogen-bond donors (Lipinski definition) is 1. The minimum absolute atomic E-state index is 0.0379. The van der Waals surface area contributed by atoms with Crippen LogP contribution in [0.25, 0.3) is 5.76 Å². The lowest BCUT2D eigenvalue weighted by molar-refractivity contribution is -0.0887. The molecule has 0 aromatic heterocycles. The number of aliphatic hydroxyl groups is 1. The first-order valence-corrected chi connectivity index (χ1v) is 8.67. The zero-order valence-electron chi connectivity index (χ0n) is 14.5. The lowest BCUT2D eigenvalue weighted by atomic mass is 10.0. The van der Waals surface area contributed by atoms with Gasteiger partial charge in [0.05, 0.1) is 18.2 Å². The van der Waals surface area contributed by atoms with Crippen molar-refractivity contribution in [3.05, 3.63) is 82.3 Å². The molecule has 0 unspecified atom stereocenters. The minimum Gasteiger partial charge on any atom is -0.506 e. The van der Waals surface area contributed by atoms with E-state index in [0.29, 0.717) is 4.90 Å². The average Bonchev–Trinajstić information content (AvgIpc) is 2.70. The number of hydrogen-bond acceptors (Lipinski definition) is 5. The van der Waals surface area contributed by atoms with Gasteiger partial charge in [-0.1, -0.05) is 42.1 Å². The highest BCUT2D eigenvalue weighted by Crippen LogP contribution is 2.37. The maximum Gasteiger partial charge on any atom is 0.418 e. The van der Waals surface area contributed by atoms with Gasteiger partial charge in [-0.3, -0.25) is 0 Å². The smallest absolute Gasteiger partial charge is 0.418 e. The molecule has 0 fully saturated rings. The molecular formula is C20H14F3NO3S. The normalized spacial score (nSPS) is 12.8. The third-order valence-corrected chi connectivity index (χ3v) is 4.46. The number of ether oxygens (including phenoxy) is 1. The molecule has 4 nitrogen and oxygen atoms in total. The highest BCUT2D eigenvalue weighted by Gasteiger charge is 2.38. The number of carbonyl (C=O) groups excluding carboxylic acids is 1. The standard InChI is InChI=1S/C20H14F3NO3S/c1-27-19(26)14-9-7-13(8-10-14)18(25)16(11-24)17(20(21,22)23)12-28-15-5-3-2-4-6-15/h2-10,12,25H,1H3/b17-12+,18-16-. The molecule has 0 aliphatic rings. The Morgan fingerprint density at radius 2 is 1.68 bits per heavy atom. The van der Waals surface area contributed by atoms with E-state index < -0.39 is 29.1 Å². The van der Waals surface area contributed by atoms with Gasteiger partial charge >= 0.3 is 12.1 Å². The third kappa shape index (κ3) is 5.18. The zero-order valence-corrected chi connectivity index (χ0v) is 15.3. The topological polar surface area (TPSA) is 70.3 Å². The first kappa shape index (κ1) is 21.1. The predicted molar refractivity (Wildman–Crippen MR) is 99.4 cm³/mol. The minimum atomic E-state index is -4.85. The van der Waals surface area contributed by atoms with Crippen molar-refractivity contribution in [3.8, 4) is 6.07 Å². The monoisotopic (exact) mass is 405 g/mol. The number of carbonyl (C=O) groups is 1. The first-order chi connectivity index (χ1) is 13.3. The SMILES string of the molecule is COC(=O)c1ccc(/C(O)=C(C#N)/C(=C\Sc2ccccc2)C(F)(F)F)cc1. The molecule has 0 aliphatic carbocycles. The summed E-state index contributed by atoms with van der Waals surface area (Å²) in [6, 6.07) is 14.8. The second kappa shape index (κ2) is 9.15. The Kier molecular flexibility index (Phi) is 6.90. The maximum atomic E-state index is 13.5. The van der Waals surface area contributed by atoms with Crippen LogP contribution in [0.3, 0.4) is 0 Å². The van der Waals surface area contributed by atoms with Crippen molar-refractivity contribution in [1.29, 1.82) is 5.26 Å². The molecule has 2 aromatic rings. The first-order valence-electron chi connectivity index (χ1n) is 7.79. The number of halogens is 3. The van der Waals surface area contributed by atoms with Crippen molar-refractivity contribution in [2.45, 2.75) is 11.1 Å². The summed E-state index contributed by atoms with van der Waals surface area (Å²) < 4.78 is 45.1. The number of methoxy groups -OCH3 is 1. The number of rotatable bonds is 5. The number of nitriles is 1. The molecule has 8 heteroatoms. The van der Waals surface area contributed by atoms with Crippen LogP contribution in [-0.2, 0) is 4.74 Å². The number of nitrogens with zero attached hydrogens (tertiary/aromatic N) is 1. The second-order valence-corrected chi connectivity index (χ2v) is 6.31. The number of alkyl halides is 3. The zero-order chi connectivity index (χ0) is 20.7. The van der Waals surface area contributed by atoms with Gasteiger partial charge in [0.1, 0.15) is 17.4 Å². The van der Waals surface area contributed by atoms with E-state index in [1.54, 1.807) is 30.3 Å². The van der Waals surface area contributed by atoms with Crippen molar-refractivity contribution in [1.82, 2.24) is 0 Å². The number of allylic oxidation sites excluding steroid dienone is 2. The van der Waals surface area contributed by atoms with Crippen LogP contribution in [0.2, 0.25) is 0 Å². The molecule has 0 atom stereocenters. The van der Waals surface area contributed by atoms with Crippen molar-refractivity contribution < 1.29 is 27.8 Å². The molecule has 0 saturated heterocycles. The summed E-state index contributed by atoms with van der Waals surface area (Å²) in [4.78, 5) is 12.0. The third-order valence-electron chi connectivity index (χ3n) is 3.56. The summed E-state index contributed by atoms with van der Waals surface area (Å²) >= 11 is 0.781. The van der Waals surface area contributed by atoms with Gasteiger partial charge in [-0.25, -0.2) is 4.79 Å². The molecule has 2 rings (SSSR count). The predicted octanol–water partition coefficient (Wildman–Crippen LogP) is 5.50. The van der Waals surface area contributed by atoms with Gasteiger partial charge < -0.3 is 9.84 Å². The fourth-order valence-electron chi connectivity index (χ4n) is 2.16. The molecule has 0 saturated carbocycles. The molecule has 0 bridgehead atoms. The van der Waals surface area contributed by atoms with Crippen molar-refractivity contribution in [3.63, 3.8) is 0 Å². The highest BCUT2D eigenvalue weighted by molar-refractivity contribution is 8.02. The van der Waals surface area contributed by atoms with Crippen LogP contribution in [-0.4, -0.2) is 24.4 Å². The Labute approximate surface area is 163 Å². The van der Waals surface area contributed by atoms with Crippen molar-refractivity contribution >= 4 is 23.5 Å². The van der Waals surface area contributed by atoms with Gasteiger partial charge in [0.15, 0.2) is 0 Å². The van der Waals surface area contributed by atoms with E-state index in [-0.39, 0.29) is 11.1 Å². The molecule has 0 spiro atoms. The Bertz CT molecular complexity index is 943. The van der Waals surface area contributed by atoms with E-state index in [1.165, 1.54) is 37.4 Å². The number of thioether (sulfide) groups is 1. The fraction of sp³-hybridized carbons (Fsp3) is 0.100. The number of benzene rings is 2. The van der Waals surface area contributed by atoms with E-state index in [1.807, 2.05) is 0 Å². The van der Waals surface area contributed by atoms with Crippen LogP contribution in [0.1, 0.15) is 15.9 Å². The largest absolute Gasteiger partial charge is 0.506 e. The second-order valence-electron chi connectivity index (χ2n) is 5.36. The molecule has 1 N–H and O–H groups in total. The van der Waals surface area contributed by atoms with Crippen LogP contribution in [0.15, 0.2) is 76.0 Å². The van der Waals surface area contributed by atoms with Gasteiger partial charge in [0, 0.05) is 10.5 Å².